The van der Waals surface area contributed by atoms with Crippen molar-refractivity contribution in [2.45, 2.75) is 32.4 Å². The van der Waals surface area contributed by atoms with E-state index in [1.165, 1.54) is 6.92 Å². The largest absolute Gasteiger partial charge is 0.344 e. The Balaban J connectivity index is 2.46. The number of hydrogen-bond donors (Lipinski definition) is 3. The molecule has 27 heavy (non-hydrogen) atoms. The summed E-state index contributed by atoms with van der Waals surface area (Å²) >= 11 is 0. The maximum Gasteiger partial charge on any atom is 0.248 e. The van der Waals surface area contributed by atoms with Gasteiger partial charge in [-0.3, -0.25) is 19.7 Å². The second-order valence-corrected chi connectivity index (χ2v) is 6.58. The number of imide groups is 1. The van der Waals surface area contributed by atoms with Gasteiger partial charge in [0.1, 0.15) is 17.7 Å². The fourth-order valence-electron chi connectivity index (χ4n) is 2.19. The van der Waals surface area contributed by atoms with Crippen molar-refractivity contribution in [3.8, 4) is 0 Å². The van der Waals surface area contributed by atoms with Crippen LogP contribution in [0.25, 0.3) is 0 Å². The molecule has 7 nitrogen and oxygen atoms in total. The first kappa shape index (κ1) is 22.7. The highest BCUT2D eigenvalue weighted by molar-refractivity contribution is 6.00. The molecule has 0 heterocycles. The second-order valence-electron chi connectivity index (χ2n) is 6.58. The Hall–Kier alpha value is -2.39. The molecule has 0 aliphatic heterocycles. The monoisotopic (exact) mass is 384 g/mol. The third-order valence-corrected chi connectivity index (χ3v) is 3.71. The number of benzene rings is 1. The molecule has 2 atom stereocenters. The van der Waals surface area contributed by atoms with E-state index in [0.717, 1.165) is 18.7 Å². The van der Waals surface area contributed by atoms with Gasteiger partial charge < -0.3 is 15.5 Å². The van der Waals surface area contributed by atoms with Crippen molar-refractivity contribution in [1.82, 2.24) is 20.9 Å². The Bertz CT molecular complexity index is 662. The molecule has 1 aromatic rings. The summed E-state index contributed by atoms with van der Waals surface area (Å²) < 4.78 is 26.3. The zero-order valence-corrected chi connectivity index (χ0v) is 15.9. The van der Waals surface area contributed by atoms with Gasteiger partial charge in [-0.05, 0) is 45.6 Å². The molecule has 0 unspecified atom stereocenters. The summed E-state index contributed by atoms with van der Waals surface area (Å²) in [5.74, 6) is -3.34. The Morgan fingerprint density at radius 2 is 1.56 bits per heavy atom. The molecule has 0 aliphatic rings. The first-order valence-electron chi connectivity index (χ1n) is 8.55. The van der Waals surface area contributed by atoms with Crippen LogP contribution in [0, 0.1) is 11.6 Å². The molecule has 0 bridgehead atoms. The van der Waals surface area contributed by atoms with E-state index in [-0.39, 0.29) is 12.0 Å². The predicted molar refractivity (Wildman–Crippen MR) is 96.8 cm³/mol. The quantitative estimate of drug-likeness (QED) is 0.566. The minimum absolute atomic E-state index is 0.146. The van der Waals surface area contributed by atoms with E-state index >= 15 is 0 Å². The zero-order chi connectivity index (χ0) is 20.6. The molecule has 0 saturated heterocycles. The highest BCUT2D eigenvalue weighted by Gasteiger charge is 2.21. The highest BCUT2D eigenvalue weighted by atomic mass is 19.1. The van der Waals surface area contributed by atoms with Gasteiger partial charge in [-0.1, -0.05) is 0 Å². The summed E-state index contributed by atoms with van der Waals surface area (Å²) in [6.45, 7) is 4.35. The molecule has 9 heteroatoms. The van der Waals surface area contributed by atoms with Crippen molar-refractivity contribution >= 4 is 17.7 Å². The van der Waals surface area contributed by atoms with Gasteiger partial charge in [-0.25, -0.2) is 8.78 Å². The smallest absolute Gasteiger partial charge is 0.248 e. The topological polar surface area (TPSA) is 90.5 Å². The van der Waals surface area contributed by atoms with Gasteiger partial charge in [-0.2, -0.15) is 0 Å². The first-order valence-corrected chi connectivity index (χ1v) is 8.55. The summed E-state index contributed by atoms with van der Waals surface area (Å²) in [4.78, 5) is 37.9. The molecule has 0 fully saturated rings. The third-order valence-electron chi connectivity index (χ3n) is 3.71. The van der Waals surface area contributed by atoms with Crippen LogP contribution >= 0.6 is 0 Å². The Kier molecular flexibility index (Phi) is 8.96. The van der Waals surface area contributed by atoms with Crippen LogP contribution in [0.3, 0.4) is 0 Å². The van der Waals surface area contributed by atoms with E-state index in [1.54, 1.807) is 6.92 Å². The predicted octanol–water partition coefficient (Wildman–Crippen LogP) is 0.195. The maximum absolute atomic E-state index is 13.1. The van der Waals surface area contributed by atoms with Crippen LogP contribution in [-0.2, 0) is 20.8 Å². The molecule has 0 saturated carbocycles. The number of amides is 3. The molecule has 1 aromatic carbocycles. The Labute approximate surface area is 157 Å². The number of hydrogen-bond acceptors (Lipinski definition) is 5. The normalized spacial score (nSPS) is 13.1. The first-order chi connectivity index (χ1) is 12.6. The van der Waals surface area contributed by atoms with Gasteiger partial charge >= 0.3 is 0 Å². The van der Waals surface area contributed by atoms with E-state index in [1.807, 2.05) is 19.0 Å². The van der Waals surface area contributed by atoms with Gasteiger partial charge in [0.25, 0.3) is 0 Å². The number of likely N-dealkylation sites (N-methyl/N-ethyl adjacent to an activating group) is 1. The van der Waals surface area contributed by atoms with Crippen LogP contribution in [0.4, 0.5) is 8.78 Å². The van der Waals surface area contributed by atoms with E-state index < -0.39 is 41.4 Å². The standard InChI is InChI=1S/C18H26F2N4O3/c1-11(21-5-6-24(3)4)17(26)23-18(27)12(2)22-16(25)9-13-7-14(19)10-15(20)8-13/h7-8,10-12,21H,5-6,9H2,1-4H3,(H,22,25)(H,23,26,27)/t11-,12-/m0/s1. The number of carbonyl (C=O) groups is 3. The second kappa shape index (κ2) is 10.7. The van der Waals surface area contributed by atoms with Gasteiger partial charge in [0.15, 0.2) is 0 Å². The number of nitrogens with zero attached hydrogens (tertiary/aromatic N) is 1. The number of nitrogens with one attached hydrogen (secondary N) is 3. The molecular weight excluding hydrogens is 358 g/mol. The third kappa shape index (κ3) is 8.69. The van der Waals surface area contributed by atoms with E-state index in [4.69, 9.17) is 0 Å². The van der Waals surface area contributed by atoms with Crippen molar-refractivity contribution in [2.24, 2.45) is 0 Å². The van der Waals surface area contributed by atoms with Gasteiger partial charge in [0, 0.05) is 19.2 Å². The van der Waals surface area contributed by atoms with Crippen LogP contribution in [0.2, 0.25) is 0 Å². The summed E-state index contributed by atoms with van der Waals surface area (Å²) in [6.07, 6.45) is -0.289. The lowest BCUT2D eigenvalue weighted by Gasteiger charge is -2.18. The van der Waals surface area contributed by atoms with Crippen LogP contribution in [0.1, 0.15) is 19.4 Å². The Morgan fingerprint density at radius 3 is 2.11 bits per heavy atom. The fourth-order valence-corrected chi connectivity index (χ4v) is 2.19. The Morgan fingerprint density at radius 1 is 1.00 bits per heavy atom. The summed E-state index contributed by atoms with van der Waals surface area (Å²) in [5.41, 5.74) is 0.146. The summed E-state index contributed by atoms with van der Waals surface area (Å²) in [6, 6.07) is 1.23. The van der Waals surface area contributed by atoms with Gasteiger partial charge in [0.05, 0.1) is 12.5 Å². The fraction of sp³-hybridized carbons (Fsp3) is 0.500. The average molecular weight is 384 g/mol. The van der Waals surface area contributed by atoms with Crippen molar-refractivity contribution in [1.29, 1.82) is 0 Å². The minimum atomic E-state index is -0.978. The maximum atomic E-state index is 13.1. The molecular formula is C18H26F2N4O3. The minimum Gasteiger partial charge on any atom is -0.344 e. The number of halogens is 2. The lowest BCUT2D eigenvalue weighted by atomic mass is 10.1. The molecule has 150 valence electrons. The molecule has 0 spiro atoms. The molecule has 0 aliphatic carbocycles. The number of rotatable bonds is 9. The van der Waals surface area contributed by atoms with Crippen LogP contribution in [0.5, 0.6) is 0 Å². The van der Waals surface area contributed by atoms with Crippen molar-refractivity contribution in [3.63, 3.8) is 0 Å². The van der Waals surface area contributed by atoms with E-state index in [2.05, 4.69) is 16.0 Å². The molecule has 3 amide bonds. The van der Waals surface area contributed by atoms with Crippen molar-refractivity contribution in [2.75, 3.05) is 27.2 Å². The average Bonchev–Trinajstić information content (AvgIpc) is 2.52. The van der Waals surface area contributed by atoms with Gasteiger partial charge in [0.2, 0.25) is 17.7 Å². The van der Waals surface area contributed by atoms with E-state index in [0.29, 0.717) is 12.6 Å². The zero-order valence-electron chi connectivity index (χ0n) is 15.9. The van der Waals surface area contributed by atoms with Gasteiger partial charge in [-0.15, -0.1) is 0 Å². The van der Waals surface area contributed by atoms with Crippen molar-refractivity contribution in [3.05, 3.63) is 35.4 Å². The lowest BCUT2D eigenvalue weighted by molar-refractivity contribution is -0.134. The van der Waals surface area contributed by atoms with Crippen molar-refractivity contribution < 1.29 is 23.2 Å². The highest BCUT2D eigenvalue weighted by Crippen LogP contribution is 2.08. The molecule has 1 rings (SSSR count). The van der Waals surface area contributed by atoms with Crippen LogP contribution in [0.15, 0.2) is 18.2 Å². The van der Waals surface area contributed by atoms with Crippen LogP contribution < -0.4 is 16.0 Å². The molecule has 0 radical (unpaired) electrons. The molecule has 0 aromatic heterocycles. The summed E-state index contributed by atoms with van der Waals surface area (Å²) in [7, 11) is 3.80. The summed E-state index contributed by atoms with van der Waals surface area (Å²) in [5, 5.41) is 7.59. The number of carbonyl (C=O) groups excluding carboxylic acids is 3. The molecule has 3 N–H and O–H groups in total. The SMILES string of the molecule is C[C@H](NCCN(C)C)C(=O)NC(=O)[C@H](C)NC(=O)Cc1cc(F)cc(F)c1. The lowest BCUT2D eigenvalue weighted by Crippen LogP contribution is -2.52. The van der Waals surface area contributed by atoms with Crippen LogP contribution in [-0.4, -0.2) is 61.9 Å². The van der Waals surface area contributed by atoms with E-state index in [9.17, 15) is 23.2 Å².